The summed E-state index contributed by atoms with van der Waals surface area (Å²) in [4.78, 5) is 8.92. The number of hydrogen-bond donors (Lipinski definition) is 0. The molecule has 0 bridgehead atoms. The second-order valence-corrected chi connectivity index (χ2v) is 5.05. The van der Waals surface area contributed by atoms with Gasteiger partial charge in [0, 0.05) is 16.1 Å². The molecule has 0 aromatic heterocycles. The third-order valence-corrected chi connectivity index (χ3v) is 3.31. The highest BCUT2D eigenvalue weighted by Gasteiger charge is 2.15. The lowest BCUT2D eigenvalue weighted by atomic mass is 10.0. The van der Waals surface area contributed by atoms with Crippen molar-refractivity contribution in [3.8, 4) is 0 Å². The molecule has 19 heavy (non-hydrogen) atoms. The molecule has 0 spiro atoms. The minimum Gasteiger partial charge on any atom is -0.277 e. The van der Waals surface area contributed by atoms with Crippen LogP contribution in [-0.2, 0) is 0 Å². The third kappa shape index (κ3) is 2.55. The maximum atomic E-state index is 6.08. The van der Waals surface area contributed by atoms with E-state index in [0.29, 0.717) is 16.7 Å². The van der Waals surface area contributed by atoms with Crippen molar-refractivity contribution in [3.63, 3.8) is 0 Å². The molecule has 1 heterocycles. The van der Waals surface area contributed by atoms with E-state index in [1.54, 1.807) is 0 Å². The van der Waals surface area contributed by atoms with Crippen molar-refractivity contribution in [1.82, 2.24) is 0 Å². The van der Waals surface area contributed by atoms with Crippen LogP contribution in [0.3, 0.4) is 0 Å². The number of aliphatic imine (C=N–C) groups is 2. The molecule has 0 unspecified atom stereocenters. The first-order valence-electron chi connectivity index (χ1n) is 5.87. The average molecular weight is 289 g/mol. The Hall–Kier alpha value is -1.64. The van der Waals surface area contributed by atoms with Crippen LogP contribution >= 0.6 is 23.2 Å². The Kier molecular flexibility index (Phi) is 3.36. The van der Waals surface area contributed by atoms with Crippen LogP contribution < -0.4 is 0 Å². The summed E-state index contributed by atoms with van der Waals surface area (Å²) in [6.07, 6.45) is 0. The zero-order valence-electron chi connectivity index (χ0n) is 9.98. The van der Waals surface area contributed by atoms with Gasteiger partial charge in [-0.15, -0.1) is 0 Å². The van der Waals surface area contributed by atoms with Crippen molar-refractivity contribution in [2.45, 2.75) is 0 Å². The molecule has 1 aliphatic rings. The molecular weight excluding hydrogens is 279 g/mol. The lowest BCUT2D eigenvalue weighted by Gasteiger charge is -2.08. The molecule has 0 amide bonds. The van der Waals surface area contributed by atoms with Gasteiger partial charge >= 0.3 is 0 Å². The van der Waals surface area contributed by atoms with Crippen LogP contribution in [0.1, 0.15) is 11.1 Å². The second kappa shape index (κ2) is 5.16. The van der Waals surface area contributed by atoms with Crippen molar-refractivity contribution >= 4 is 39.8 Å². The summed E-state index contributed by atoms with van der Waals surface area (Å²) >= 11 is 12.1. The highest BCUT2D eigenvalue weighted by Crippen LogP contribution is 2.28. The number of fused-ring (bicyclic) bond motifs is 1. The minimum absolute atomic E-state index is 0.387. The third-order valence-electron chi connectivity index (χ3n) is 2.87. The summed E-state index contributed by atoms with van der Waals surface area (Å²) in [5, 5.41) is 1.14. The van der Waals surface area contributed by atoms with Crippen molar-refractivity contribution in [2.24, 2.45) is 9.98 Å². The van der Waals surface area contributed by atoms with Crippen molar-refractivity contribution < 1.29 is 0 Å². The number of benzene rings is 2. The summed E-state index contributed by atoms with van der Waals surface area (Å²) in [5.41, 5.74) is 3.62. The zero-order chi connectivity index (χ0) is 13.2. The fourth-order valence-electron chi connectivity index (χ4n) is 2.03. The van der Waals surface area contributed by atoms with E-state index < -0.39 is 0 Å². The van der Waals surface area contributed by atoms with E-state index in [0.717, 1.165) is 22.5 Å². The van der Waals surface area contributed by atoms with E-state index in [2.05, 4.69) is 9.98 Å². The standard InChI is InChI=1S/C15H10Cl2N2/c16-11-6-7-13-12(8-11)15(18-9-14(17)19-13)10-4-2-1-3-5-10/h1-8H,9H2. The van der Waals surface area contributed by atoms with Crippen LogP contribution in [0.4, 0.5) is 5.69 Å². The van der Waals surface area contributed by atoms with Gasteiger partial charge in [-0.05, 0) is 18.2 Å². The molecule has 0 saturated heterocycles. The van der Waals surface area contributed by atoms with Gasteiger partial charge in [0.1, 0.15) is 5.17 Å². The maximum absolute atomic E-state index is 6.08. The molecule has 0 aliphatic carbocycles. The van der Waals surface area contributed by atoms with Crippen molar-refractivity contribution in [2.75, 3.05) is 6.54 Å². The van der Waals surface area contributed by atoms with Gasteiger partial charge in [0.25, 0.3) is 0 Å². The molecule has 0 atom stereocenters. The Morgan fingerprint density at radius 2 is 1.74 bits per heavy atom. The maximum Gasteiger partial charge on any atom is 0.128 e. The van der Waals surface area contributed by atoms with Gasteiger partial charge in [-0.3, -0.25) is 4.99 Å². The van der Waals surface area contributed by atoms with Gasteiger partial charge in [0.15, 0.2) is 0 Å². The normalized spacial score (nSPS) is 14.2. The Labute approximate surface area is 121 Å². The summed E-state index contributed by atoms with van der Waals surface area (Å²) in [6, 6.07) is 15.5. The van der Waals surface area contributed by atoms with E-state index >= 15 is 0 Å². The smallest absolute Gasteiger partial charge is 0.128 e. The molecule has 0 radical (unpaired) electrons. The van der Waals surface area contributed by atoms with Crippen LogP contribution in [-0.4, -0.2) is 17.4 Å². The number of halogens is 2. The van der Waals surface area contributed by atoms with E-state index in [1.165, 1.54) is 0 Å². The fraction of sp³-hybridized carbons (Fsp3) is 0.0667. The molecule has 2 aromatic rings. The Morgan fingerprint density at radius 1 is 0.947 bits per heavy atom. The number of nitrogens with zero attached hydrogens (tertiary/aromatic N) is 2. The predicted molar refractivity (Wildman–Crippen MR) is 81.3 cm³/mol. The summed E-state index contributed by atoms with van der Waals surface area (Å²) in [6.45, 7) is 0.387. The van der Waals surface area contributed by atoms with Gasteiger partial charge in [0.2, 0.25) is 0 Å². The quantitative estimate of drug-likeness (QED) is 0.740. The van der Waals surface area contributed by atoms with Gasteiger partial charge in [0.05, 0.1) is 17.9 Å². The average Bonchev–Trinajstić information content (AvgIpc) is 2.58. The SMILES string of the molecule is ClC1=Nc2ccc(Cl)cc2C(c2ccccc2)=NC1. The van der Waals surface area contributed by atoms with Crippen molar-refractivity contribution in [3.05, 3.63) is 64.7 Å². The molecular formula is C15H10Cl2N2. The molecule has 3 rings (SSSR count). The molecule has 2 nitrogen and oxygen atoms in total. The lowest BCUT2D eigenvalue weighted by molar-refractivity contribution is 1.31. The predicted octanol–water partition coefficient (Wildman–Crippen LogP) is 4.46. The molecule has 0 fully saturated rings. The van der Waals surface area contributed by atoms with Gasteiger partial charge in [-0.1, -0.05) is 53.5 Å². The second-order valence-electron chi connectivity index (χ2n) is 4.18. The zero-order valence-corrected chi connectivity index (χ0v) is 11.5. The topological polar surface area (TPSA) is 24.7 Å². The summed E-state index contributed by atoms with van der Waals surface area (Å²) in [7, 11) is 0. The molecule has 1 aliphatic heterocycles. The Balaban J connectivity index is 2.21. The highest BCUT2D eigenvalue weighted by molar-refractivity contribution is 6.66. The number of rotatable bonds is 1. The molecule has 4 heteroatoms. The van der Waals surface area contributed by atoms with E-state index in [1.807, 2.05) is 48.5 Å². The number of hydrogen-bond acceptors (Lipinski definition) is 2. The Bertz CT molecular complexity index is 676. The Morgan fingerprint density at radius 3 is 2.53 bits per heavy atom. The largest absolute Gasteiger partial charge is 0.277 e. The lowest BCUT2D eigenvalue weighted by Crippen LogP contribution is -2.04. The van der Waals surface area contributed by atoms with Gasteiger partial charge in [-0.25, -0.2) is 4.99 Å². The van der Waals surface area contributed by atoms with Crippen LogP contribution in [0.25, 0.3) is 0 Å². The van der Waals surface area contributed by atoms with E-state index in [-0.39, 0.29) is 0 Å². The van der Waals surface area contributed by atoms with Crippen LogP contribution in [0.2, 0.25) is 5.02 Å². The first kappa shape index (κ1) is 12.4. The van der Waals surface area contributed by atoms with Gasteiger partial charge in [-0.2, -0.15) is 0 Å². The van der Waals surface area contributed by atoms with E-state index in [4.69, 9.17) is 23.2 Å². The minimum atomic E-state index is 0.387. The summed E-state index contributed by atoms with van der Waals surface area (Å²) in [5.74, 6) is 0. The van der Waals surface area contributed by atoms with Gasteiger partial charge < -0.3 is 0 Å². The van der Waals surface area contributed by atoms with Crippen LogP contribution in [0.5, 0.6) is 0 Å². The fourth-order valence-corrected chi connectivity index (χ4v) is 2.36. The van der Waals surface area contributed by atoms with E-state index in [9.17, 15) is 0 Å². The molecule has 2 aromatic carbocycles. The van der Waals surface area contributed by atoms with Crippen LogP contribution in [0, 0.1) is 0 Å². The van der Waals surface area contributed by atoms with Crippen LogP contribution in [0.15, 0.2) is 58.5 Å². The summed E-state index contributed by atoms with van der Waals surface area (Å²) < 4.78 is 0. The van der Waals surface area contributed by atoms with Crippen molar-refractivity contribution in [1.29, 1.82) is 0 Å². The molecule has 94 valence electrons. The molecule has 0 saturated carbocycles. The highest BCUT2D eigenvalue weighted by atomic mass is 35.5. The first-order chi connectivity index (χ1) is 9.24. The first-order valence-corrected chi connectivity index (χ1v) is 6.62. The molecule has 0 N–H and O–H groups in total. The monoisotopic (exact) mass is 288 g/mol.